The molecule has 2 N–H and O–H groups in total. The molecule has 0 unspecified atom stereocenters. The molecular formula is C4H10N2S. The Morgan fingerprint density at radius 1 is 1.14 bits per heavy atom. The van der Waals surface area contributed by atoms with Gasteiger partial charge in [0.05, 0.1) is 11.1 Å². The fourth-order valence-corrected chi connectivity index (χ4v) is 0.102. The van der Waals surface area contributed by atoms with Crippen molar-refractivity contribution in [3.63, 3.8) is 0 Å². The Labute approximate surface area is 48.3 Å². The molecular weight excluding hydrogens is 108 g/mol. The third-order valence-electron chi connectivity index (χ3n) is 0.136. The van der Waals surface area contributed by atoms with E-state index in [0.29, 0.717) is 0 Å². The highest BCUT2D eigenvalue weighted by Crippen LogP contribution is 1.78. The third kappa shape index (κ3) is 27.1. The molecule has 42 valence electrons. The molecule has 0 aliphatic carbocycles. The predicted molar refractivity (Wildman–Crippen MR) is 36.5 cm³/mol. The van der Waals surface area contributed by atoms with Gasteiger partial charge in [-0.15, -0.1) is 0 Å². The van der Waals surface area contributed by atoms with Gasteiger partial charge in [0.15, 0.2) is 0 Å². The largest absolute Gasteiger partial charge is 0.302 e. The van der Waals surface area contributed by atoms with Crippen LogP contribution >= 0.6 is 11.8 Å². The summed E-state index contributed by atoms with van der Waals surface area (Å²) in [6.45, 7) is 4.00. The van der Waals surface area contributed by atoms with Crippen molar-refractivity contribution in [1.82, 2.24) is 0 Å². The fourth-order valence-electron chi connectivity index (χ4n) is 0.0340. The van der Waals surface area contributed by atoms with Crippen LogP contribution in [0.5, 0.6) is 0 Å². The number of hydrogen-bond acceptors (Lipinski definition) is 3. The molecule has 0 rings (SSSR count). The van der Waals surface area contributed by atoms with Gasteiger partial charge in [-0.3, -0.25) is 0 Å². The van der Waals surface area contributed by atoms with Crippen LogP contribution in [0.3, 0.4) is 0 Å². The van der Waals surface area contributed by atoms with Gasteiger partial charge >= 0.3 is 0 Å². The van der Waals surface area contributed by atoms with Gasteiger partial charge < -0.3 is 10.8 Å². The molecule has 2 nitrogen and oxygen atoms in total. The van der Waals surface area contributed by atoms with E-state index in [1.54, 1.807) is 0 Å². The van der Waals surface area contributed by atoms with Crippen molar-refractivity contribution >= 4 is 22.9 Å². The minimum Gasteiger partial charge on any atom is -0.302 e. The van der Waals surface area contributed by atoms with Gasteiger partial charge in [-0.2, -0.15) is 0 Å². The summed E-state index contributed by atoms with van der Waals surface area (Å²) in [5, 5.41) is 12.6. The van der Waals surface area contributed by atoms with E-state index in [1.165, 1.54) is 0 Å². The third-order valence-corrected chi connectivity index (χ3v) is 0.408. The van der Waals surface area contributed by atoms with Crippen molar-refractivity contribution in [3.8, 4) is 0 Å². The van der Waals surface area contributed by atoms with Crippen LogP contribution in [-0.4, -0.2) is 11.1 Å². The molecule has 0 aromatic rings. The summed E-state index contributed by atoms with van der Waals surface area (Å²) >= 11 is 1.05. The maximum Gasteiger partial charge on any atom is 0.0563 e. The summed E-state index contributed by atoms with van der Waals surface area (Å²) in [4.78, 5) is 0. The van der Waals surface area contributed by atoms with Crippen LogP contribution in [0.25, 0.3) is 0 Å². The zero-order valence-electron chi connectivity index (χ0n) is 4.56. The molecule has 0 bridgehead atoms. The zero-order valence-corrected chi connectivity index (χ0v) is 5.38. The van der Waals surface area contributed by atoms with E-state index in [-0.39, 0.29) is 0 Å². The topological polar surface area (TPSA) is 47.7 Å². The van der Waals surface area contributed by atoms with Crippen molar-refractivity contribution in [2.45, 2.75) is 13.8 Å². The highest BCUT2D eigenvalue weighted by molar-refractivity contribution is 8.23. The van der Waals surface area contributed by atoms with Gasteiger partial charge in [0.25, 0.3) is 0 Å². The standard InChI is InChI=1S/C2H4N2S.C2H6/c3-1-5-2-4;1-2/h1-4H;1-2H3. The van der Waals surface area contributed by atoms with Gasteiger partial charge in [-0.25, -0.2) is 0 Å². The lowest BCUT2D eigenvalue weighted by Crippen LogP contribution is -1.51. The Bertz CT molecular complexity index is 39.0. The normalized spacial score (nSPS) is 5.43. The Hall–Kier alpha value is -0.310. The lowest BCUT2D eigenvalue weighted by atomic mass is 11.0. The molecule has 7 heavy (non-hydrogen) atoms. The number of hydrogen-bond donors (Lipinski definition) is 2. The van der Waals surface area contributed by atoms with Crippen molar-refractivity contribution in [2.75, 3.05) is 0 Å². The summed E-state index contributed by atoms with van der Waals surface area (Å²) in [5.41, 5.74) is 2.21. The minimum absolute atomic E-state index is 1.05. The molecule has 3 heteroatoms. The Balaban J connectivity index is 0. The van der Waals surface area contributed by atoms with Crippen LogP contribution in [0, 0.1) is 10.8 Å². The predicted octanol–water partition coefficient (Wildman–Crippen LogP) is 1.96. The first kappa shape index (κ1) is 9.85. The molecule has 0 radical (unpaired) electrons. The molecule has 0 saturated carbocycles. The molecule has 0 aliphatic heterocycles. The number of thioether (sulfide) groups is 1. The van der Waals surface area contributed by atoms with Crippen LogP contribution < -0.4 is 0 Å². The van der Waals surface area contributed by atoms with Crippen molar-refractivity contribution < 1.29 is 0 Å². The van der Waals surface area contributed by atoms with E-state index in [2.05, 4.69) is 0 Å². The first-order chi connectivity index (χ1) is 3.41. The summed E-state index contributed by atoms with van der Waals surface area (Å²) in [6, 6.07) is 0. The summed E-state index contributed by atoms with van der Waals surface area (Å²) < 4.78 is 0. The second-order valence-corrected chi connectivity index (χ2v) is 1.12. The molecule has 0 aromatic carbocycles. The minimum atomic E-state index is 1.05. The van der Waals surface area contributed by atoms with Crippen LogP contribution in [0.4, 0.5) is 0 Å². The van der Waals surface area contributed by atoms with E-state index in [0.717, 1.165) is 22.9 Å². The quantitative estimate of drug-likeness (QED) is 0.422. The lowest BCUT2D eigenvalue weighted by molar-refractivity contribution is 1.50. The van der Waals surface area contributed by atoms with E-state index in [4.69, 9.17) is 10.8 Å². The van der Waals surface area contributed by atoms with E-state index in [9.17, 15) is 0 Å². The molecule has 0 aromatic heterocycles. The van der Waals surface area contributed by atoms with Gasteiger partial charge in [0.2, 0.25) is 0 Å². The first-order valence-electron chi connectivity index (χ1n) is 2.05. The van der Waals surface area contributed by atoms with Crippen molar-refractivity contribution in [2.24, 2.45) is 0 Å². The zero-order chi connectivity index (χ0) is 6.12. The maximum absolute atomic E-state index is 6.29. The second-order valence-electron chi connectivity index (χ2n) is 0.372. The number of rotatable bonds is 2. The van der Waals surface area contributed by atoms with Gasteiger partial charge in [-0.05, 0) is 0 Å². The van der Waals surface area contributed by atoms with Crippen LogP contribution in [0.1, 0.15) is 13.8 Å². The van der Waals surface area contributed by atoms with Gasteiger partial charge in [0.1, 0.15) is 0 Å². The number of nitrogens with one attached hydrogen (secondary N) is 2. The summed E-state index contributed by atoms with van der Waals surface area (Å²) in [6.07, 6.45) is 0. The van der Waals surface area contributed by atoms with Crippen molar-refractivity contribution in [3.05, 3.63) is 0 Å². The Kier molecular flexibility index (Phi) is 24.3. The van der Waals surface area contributed by atoms with Crippen molar-refractivity contribution in [1.29, 1.82) is 10.8 Å². The van der Waals surface area contributed by atoms with Gasteiger partial charge in [0, 0.05) is 0 Å². The Morgan fingerprint density at radius 3 is 1.43 bits per heavy atom. The van der Waals surface area contributed by atoms with Gasteiger partial charge in [-0.1, -0.05) is 25.6 Å². The smallest absolute Gasteiger partial charge is 0.0563 e. The maximum atomic E-state index is 6.29. The molecule has 0 amide bonds. The second kappa shape index (κ2) is 17.3. The van der Waals surface area contributed by atoms with E-state index >= 15 is 0 Å². The Morgan fingerprint density at radius 2 is 1.43 bits per heavy atom. The highest BCUT2D eigenvalue weighted by atomic mass is 32.2. The fraction of sp³-hybridized carbons (Fsp3) is 0.500. The highest BCUT2D eigenvalue weighted by Gasteiger charge is 1.56. The van der Waals surface area contributed by atoms with Crippen LogP contribution in [-0.2, 0) is 0 Å². The van der Waals surface area contributed by atoms with E-state index < -0.39 is 0 Å². The molecule has 0 fully saturated rings. The van der Waals surface area contributed by atoms with Crippen LogP contribution in [0.15, 0.2) is 0 Å². The molecule has 0 heterocycles. The molecule has 0 atom stereocenters. The molecule has 0 spiro atoms. The van der Waals surface area contributed by atoms with Crippen LogP contribution in [0.2, 0.25) is 0 Å². The molecule has 0 saturated heterocycles. The lowest BCUT2D eigenvalue weighted by Gasteiger charge is -1.62. The SMILES string of the molecule is CC.N=CSC=N. The summed E-state index contributed by atoms with van der Waals surface area (Å²) in [7, 11) is 0. The monoisotopic (exact) mass is 118 g/mol. The average Bonchev–Trinajstić information content (AvgIpc) is 1.75. The first-order valence-corrected chi connectivity index (χ1v) is 2.99. The molecule has 0 aliphatic rings. The summed E-state index contributed by atoms with van der Waals surface area (Å²) in [5.74, 6) is 0. The average molecular weight is 118 g/mol. The van der Waals surface area contributed by atoms with E-state index in [1.807, 2.05) is 13.8 Å².